The number of ether oxygens (including phenoxy) is 1. The molecule has 2 heterocycles. The number of nitrogens with one attached hydrogen (secondary N) is 2. The van der Waals surface area contributed by atoms with E-state index >= 15 is 0 Å². The number of carbonyl (C=O) groups is 3. The lowest BCUT2D eigenvalue weighted by Gasteiger charge is -2.37. The Kier molecular flexibility index (Phi) is 9.06. The zero-order valence-corrected chi connectivity index (χ0v) is 23.8. The molecule has 10 heteroatoms. The van der Waals surface area contributed by atoms with E-state index in [2.05, 4.69) is 15.5 Å². The van der Waals surface area contributed by atoms with Gasteiger partial charge in [-0.2, -0.15) is 0 Å². The van der Waals surface area contributed by atoms with Crippen molar-refractivity contribution in [1.29, 1.82) is 0 Å². The Balaban J connectivity index is 1.31. The molecule has 0 aliphatic carbocycles. The lowest BCUT2D eigenvalue weighted by Crippen LogP contribution is -2.49. The van der Waals surface area contributed by atoms with Gasteiger partial charge in [-0.15, -0.1) is 0 Å². The van der Waals surface area contributed by atoms with Crippen LogP contribution in [0.5, 0.6) is 5.75 Å². The third kappa shape index (κ3) is 6.99. The summed E-state index contributed by atoms with van der Waals surface area (Å²) in [5.74, 6) is 0.453. The summed E-state index contributed by atoms with van der Waals surface area (Å²) < 4.78 is 5.20. The van der Waals surface area contributed by atoms with Crippen LogP contribution in [0.4, 0.5) is 11.4 Å². The summed E-state index contributed by atoms with van der Waals surface area (Å²) in [6, 6.07) is 19.7. The van der Waals surface area contributed by atoms with Crippen LogP contribution >= 0.6 is 11.6 Å². The number of amides is 3. The lowest BCUT2D eigenvalue weighted by atomic mass is 10.1. The predicted octanol–water partition coefficient (Wildman–Crippen LogP) is 3.54. The molecule has 9 nitrogen and oxygen atoms in total. The summed E-state index contributed by atoms with van der Waals surface area (Å²) in [6.45, 7) is 5.08. The maximum Gasteiger partial charge on any atom is 0.255 e. The molecule has 2 saturated heterocycles. The highest BCUT2D eigenvalue weighted by atomic mass is 35.5. The molecule has 0 aromatic heterocycles. The van der Waals surface area contributed by atoms with Crippen LogP contribution in [-0.2, 0) is 11.2 Å². The van der Waals surface area contributed by atoms with Crippen molar-refractivity contribution in [2.75, 3.05) is 69.7 Å². The van der Waals surface area contributed by atoms with E-state index < -0.39 is 0 Å². The smallest absolute Gasteiger partial charge is 0.255 e. The fourth-order valence-electron chi connectivity index (χ4n) is 5.15. The van der Waals surface area contributed by atoms with Gasteiger partial charge in [-0.3, -0.25) is 14.4 Å². The Labute approximate surface area is 245 Å². The van der Waals surface area contributed by atoms with Crippen LogP contribution in [0.15, 0.2) is 66.7 Å². The molecule has 2 aliphatic rings. The molecule has 5 rings (SSSR count). The fraction of sp³-hybridized carbons (Fsp3) is 0.323. The summed E-state index contributed by atoms with van der Waals surface area (Å²) in [5.41, 5.74) is 3.24. The number of nitrogens with zero attached hydrogens (tertiary/aromatic N) is 3. The van der Waals surface area contributed by atoms with Crippen molar-refractivity contribution in [3.8, 4) is 5.75 Å². The Hall–Kier alpha value is -4.08. The first-order chi connectivity index (χ1) is 19.9. The van der Waals surface area contributed by atoms with Crippen LogP contribution < -0.4 is 20.3 Å². The Morgan fingerprint density at radius 3 is 2.27 bits per heavy atom. The number of methoxy groups -OCH3 is 1. The average Bonchev–Trinajstić information content (AvgIpc) is 3.01. The highest BCUT2D eigenvalue weighted by Crippen LogP contribution is 2.30. The van der Waals surface area contributed by atoms with Gasteiger partial charge in [0.1, 0.15) is 5.75 Å². The number of halogens is 1. The molecule has 0 atom stereocenters. The second-order valence-corrected chi connectivity index (χ2v) is 10.6. The molecule has 0 spiro atoms. The maximum atomic E-state index is 13.2. The van der Waals surface area contributed by atoms with Gasteiger partial charge in [0.15, 0.2) is 0 Å². The first-order valence-corrected chi connectivity index (χ1v) is 14.2. The molecule has 0 bridgehead atoms. The van der Waals surface area contributed by atoms with Crippen molar-refractivity contribution < 1.29 is 19.1 Å². The van der Waals surface area contributed by atoms with E-state index in [1.54, 1.807) is 37.4 Å². The third-order valence-electron chi connectivity index (χ3n) is 7.47. The number of hydrogen-bond acceptors (Lipinski definition) is 6. The van der Waals surface area contributed by atoms with Gasteiger partial charge in [-0.25, -0.2) is 0 Å². The van der Waals surface area contributed by atoms with E-state index in [0.717, 1.165) is 30.1 Å². The van der Waals surface area contributed by atoms with Gasteiger partial charge in [0.05, 0.1) is 24.9 Å². The monoisotopic (exact) mass is 575 g/mol. The molecular weight excluding hydrogens is 542 g/mol. The van der Waals surface area contributed by atoms with Gasteiger partial charge in [0.25, 0.3) is 11.8 Å². The van der Waals surface area contributed by atoms with Crippen molar-refractivity contribution in [2.24, 2.45) is 0 Å². The predicted molar refractivity (Wildman–Crippen MR) is 160 cm³/mol. The van der Waals surface area contributed by atoms with E-state index in [-0.39, 0.29) is 17.7 Å². The normalized spacial score (nSPS) is 15.4. The van der Waals surface area contributed by atoms with Gasteiger partial charge in [0, 0.05) is 68.5 Å². The molecule has 2 N–H and O–H groups in total. The Morgan fingerprint density at radius 1 is 0.854 bits per heavy atom. The van der Waals surface area contributed by atoms with E-state index in [1.807, 2.05) is 46.2 Å². The van der Waals surface area contributed by atoms with Crippen LogP contribution in [0, 0.1) is 0 Å². The molecule has 214 valence electrons. The van der Waals surface area contributed by atoms with E-state index in [9.17, 15) is 14.4 Å². The van der Waals surface area contributed by atoms with Crippen LogP contribution in [-0.4, -0.2) is 87.0 Å². The first kappa shape index (κ1) is 28.4. The molecule has 2 fully saturated rings. The lowest BCUT2D eigenvalue weighted by molar-refractivity contribution is -0.130. The molecular formula is C31H34ClN5O4. The molecule has 3 aromatic carbocycles. The van der Waals surface area contributed by atoms with Crippen molar-refractivity contribution >= 4 is 40.7 Å². The van der Waals surface area contributed by atoms with Crippen LogP contribution in [0.25, 0.3) is 0 Å². The third-order valence-corrected chi connectivity index (χ3v) is 7.71. The minimum absolute atomic E-state index is 0.0646. The van der Waals surface area contributed by atoms with E-state index in [1.165, 1.54) is 0 Å². The van der Waals surface area contributed by atoms with E-state index in [4.69, 9.17) is 16.3 Å². The Morgan fingerprint density at radius 2 is 1.59 bits per heavy atom. The number of rotatable bonds is 7. The molecule has 0 saturated carbocycles. The Bertz CT molecular complexity index is 1400. The number of piperazine rings is 2. The van der Waals surface area contributed by atoms with Gasteiger partial charge in [0.2, 0.25) is 5.91 Å². The van der Waals surface area contributed by atoms with Crippen molar-refractivity contribution in [2.45, 2.75) is 6.42 Å². The molecule has 3 amide bonds. The molecule has 0 radical (unpaired) electrons. The van der Waals surface area contributed by atoms with Crippen molar-refractivity contribution in [3.63, 3.8) is 0 Å². The second kappa shape index (κ2) is 13.1. The minimum atomic E-state index is -0.311. The van der Waals surface area contributed by atoms with Gasteiger partial charge in [-0.1, -0.05) is 29.8 Å². The highest BCUT2D eigenvalue weighted by Gasteiger charge is 2.25. The number of carbonyl (C=O) groups excluding carboxylic acids is 3. The zero-order valence-electron chi connectivity index (χ0n) is 23.1. The van der Waals surface area contributed by atoms with E-state index in [0.29, 0.717) is 67.5 Å². The average molecular weight is 576 g/mol. The second-order valence-electron chi connectivity index (χ2n) is 10.1. The topological polar surface area (TPSA) is 94.2 Å². The summed E-state index contributed by atoms with van der Waals surface area (Å²) in [6.07, 6.45) is 0.327. The minimum Gasteiger partial charge on any atom is -0.497 e. The summed E-state index contributed by atoms with van der Waals surface area (Å²) >= 11 is 6.12. The van der Waals surface area contributed by atoms with Crippen LogP contribution in [0.1, 0.15) is 26.3 Å². The highest BCUT2D eigenvalue weighted by molar-refractivity contribution is 6.31. The summed E-state index contributed by atoms with van der Waals surface area (Å²) in [7, 11) is 1.62. The molecule has 2 aliphatic heterocycles. The quantitative estimate of drug-likeness (QED) is 0.448. The zero-order chi connectivity index (χ0) is 28.8. The fourth-order valence-corrected chi connectivity index (χ4v) is 5.34. The maximum absolute atomic E-state index is 13.2. The van der Waals surface area contributed by atoms with Crippen molar-refractivity contribution in [1.82, 2.24) is 15.1 Å². The summed E-state index contributed by atoms with van der Waals surface area (Å²) in [5, 5.41) is 6.74. The van der Waals surface area contributed by atoms with Crippen LogP contribution in [0.2, 0.25) is 5.02 Å². The standard InChI is InChI=1S/C31H34ClN5O4/c1-41-26-8-5-22(6-9-26)19-29(38)36-17-15-35(16-18-36)28-10-7-24(31(40)37-13-11-33-12-14-37)21-27(28)34-30(39)23-3-2-4-25(32)20-23/h2-10,20-21,33H,11-19H2,1H3,(H,34,39). The first-order valence-electron chi connectivity index (χ1n) is 13.8. The molecule has 3 aromatic rings. The number of benzene rings is 3. The summed E-state index contributed by atoms with van der Waals surface area (Å²) in [4.78, 5) is 45.3. The SMILES string of the molecule is COc1ccc(CC(=O)N2CCN(c3ccc(C(=O)N4CCNCC4)cc3NC(=O)c3cccc(Cl)c3)CC2)cc1. The van der Waals surface area contributed by atoms with Gasteiger partial charge in [-0.05, 0) is 54.1 Å². The largest absolute Gasteiger partial charge is 0.497 e. The number of hydrogen-bond donors (Lipinski definition) is 2. The number of anilines is 2. The van der Waals surface area contributed by atoms with Crippen molar-refractivity contribution in [3.05, 3.63) is 88.4 Å². The molecule has 41 heavy (non-hydrogen) atoms. The van der Waals surface area contributed by atoms with Gasteiger partial charge >= 0.3 is 0 Å². The molecule has 0 unspecified atom stereocenters. The van der Waals surface area contributed by atoms with Gasteiger partial charge < -0.3 is 30.1 Å². The van der Waals surface area contributed by atoms with Crippen LogP contribution in [0.3, 0.4) is 0 Å².